The molecule has 0 saturated carbocycles. The molecule has 0 N–H and O–H groups in total. The summed E-state index contributed by atoms with van der Waals surface area (Å²) in [6.45, 7) is 2.77. The van der Waals surface area contributed by atoms with E-state index in [1.54, 1.807) is 13.2 Å². The van der Waals surface area contributed by atoms with Gasteiger partial charge in [-0.3, -0.25) is 4.79 Å². The molecule has 3 rings (SSSR count). The maximum atomic E-state index is 12.7. The normalized spacial score (nSPS) is 20.9. The van der Waals surface area contributed by atoms with E-state index < -0.39 is 5.79 Å². The van der Waals surface area contributed by atoms with Crippen LogP contribution in [0.1, 0.15) is 29.6 Å². The zero-order valence-electron chi connectivity index (χ0n) is 12.6. The van der Waals surface area contributed by atoms with Gasteiger partial charge in [0.2, 0.25) is 0 Å². The molecule has 2 aliphatic heterocycles. The zero-order valence-corrected chi connectivity index (χ0v) is 14.2. The highest BCUT2D eigenvalue weighted by molar-refractivity contribution is 9.10. The van der Waals surface area contributed by atoms with Crippen LogP contribution < -0.4 is 4.74 Å². The van der Waals surface area contributed by atoms with Crippen molar-refractivity contribution >= 4 is 21.8 Å². The van der Waals surface area contributed by atoms with Gasteiger partial charge in [0.1, 0.15) is 5.75 Å². The Morgan fingerprint density at radius 3 is 2.59 bits per heavy atom. The summed E-state index contributed by atoms with van der Waals surface area (Å²) in [5.41, 5.74) is 0.626. The third-order valence-electron chi connectivity index (χ3n) is 4.24. The van der Waals surface area contributed by atoms with Gasteiger partial charge in [0, 0.05) is 30.4 Å². The molecule has 5 nitrogen and oxygen atoms in total. The highest BCUT2D eigenvalue weighted by Gasteiger charge is 2.39. The first-order valence-corrected chi connectivity index (χ1v) is 8.34. The Morgan fingerprint density at radius 2 is 1.95 bits per heavy atom. The molecule has 0 unspecified atom stereocenters. The van der Waals surface area contributed by atoms with E-state index >= 15 is 0 Å². The van der Waals surface area contributed by atoms with Crippen LogP contribution in [0.25, 0.3) is 0 Å². The van der Waals surface area contributed by atoms with E-state index in [-0.39, 0.29) is 5.91 Å². The van der Waals surface area contributed by atoms with Crippen molar-refractivity contribution in [1.29, 1.82) is 0 Å². The van der Waals surface area contributed by atoms with Crippen LogP contribution in [-0.4, -0.2) is 50.0 Å². The number of benzene rings is 1. The van der Waals surface area contributed by atoms with E-state index in [4.69, 9.17) is 14.2 Å². The quantitative estimate of drug-likeness (QED) is 0.803. The second-order valence-corrected chi connectivity index (χ2v) is 6.45. The van der Waals surface area contributed by atoms with E-state index in [1.807, 2.05) is 17.0 Å². The Balaban J connectivity index is 1.69. The van der Waals surface area contributed by atoms with E-state index in [0.717, 1.165) is 36.9 Å². The third-order valence-corrected chi connectivity index (χ3v) is 4.93. The minimum absolute atomic E-state index is 0.0106. The Hall–Kier alpha value is -1.11. The molecule has 0 aromatic heterocycles. The molecular formula is C16H20BrNO4. The predicted molar refractivity (Wildman–Crippen MR) is 85.1 cm³/mol. The molecule has 2 saturated heterocycles. The van der Waals surface area contributed by atoms with Gasteiger partial charge in [0.05, 0.1) is 25.9 Å². The number of hydrogen-bond acceptors (Lipinski definition) is 4. The van der Waals surface area contributed by atoms with Gasteiger partial charge in [-0.2, -0.15) is 0 Å². The summed E-state index contributed by atoms with van der Waals surface area (Å²) in [4.78, 5) is 14.6. The fourth-order valence-corrected chi connectivity index (χ4v) is 3.34. The summed E-state index contributed by atoms with van der Waals surface area (Å²) in [5, 5.41) is 0. The predicted octanol–water partition coefficient (Wildman–Crippen LogP) is 2.83. The lowest BCUT2D eigenvalue weighted by atomic mass is 10.0. The molecule has 1 amide bonds. The van der Waals surface area contributed by atoms with Crippen molar-refractivity contribution in [3.8, 4) is 5.75 Å². The van der Waals surface area contributed by atoms with Crippen molar-refractivity contribution in [3.05, 3.63) is 28.2 Å². The van der Waals surface area contributed by atoms with Crippen molar-refractivity contribution < 1.29 is 19.0 Å². The number of rotatable bonds is 2. The average Bonchev–Trinajstić information content (AvgIpc) is 2.56. The average molecular weight is 370 g/mol. The minimum Gasteiger partial charge on any atom is -0.497 e. The zero-order chi connectivity index (χ0) is 15.6. The maximum absolute atomic E-state index is 12.7. The highest BCUT2D eigenvalue weighted by atomic mass is 79.9. The van der Waals surface area contributed by atoms with Crippen LogP contribution in [0.2, 0.25) is 0 Å². The van der Waals surface area contributed by atoms with Crippen LogP contribution in [-0.2, 0) is 9.47 Å². The molecule has 1 aromatic rings. The molecule has 2 fully saturated rings. The second kappa shape index (κ2) is 6.56. The second-order valence-electron chi connectivity index (χ2n) is 5.60. The van der Waals surface area contributed by atoms with Crippen molar-refractivity contribution in [1.82, 2.24) is 4.90 Å². The van der Waals surface area contributed by atoms with Gasteiger partial charge in [-0.1, -0.05) is 0 Å². The van der Waals surface area contributed by atoms with Crippen molar-refractivity contribution in [2.24, 2.45) is 0 Å². The molecule has 6 heteroatoms. The number of piperidine rings is 1. The van der Waals surface area contributed by atoms with Crippen LogP contribution >= 0.6 is 15.9 Å². The summed E-state index contributed by atoms with van der Waals surface area (Å²) < 4.78 is 17.6. The molecule has 0 atom stereocenters. The molecule has 2 heterocycles. The Morgan fingerprint density at radius 1 is 1.27 bits per heavy atom. The van der Waals surface area contributed by atoms with E-state index in [0.29, 0.717) is 24.4 Å². The molecular weight excluding hydrogens is 350 g/mol. The minimum atomic E-state index is -0.472. The van der Waals surface area contributed by atoms with E-state index in [2.05, 4.69) is 15.9 Å². The first-order chi connectivity index (χ1) is 10.6. The van der Waals surface area contributed by atoms with Crippen LogP contribution in [0.15, 0.2) is 22.7 Å². The topological polar surface area (TPSA) is 48.0 Å². The molecule has 0 aliphatic carbocycles. The van der Waals surface area contributed by atoms with E-state index in [9.17, 15) is 4.79 Å². The number of halogens is 1. The number of carbonyl (C=O) groups excluding carboxylic acids is 1. The number of hydrogen-bond donors (Lipinski definition) is 0. The first-order valence-electron chi connectivity index (χ1n) is 7.54. The van der Waals surface area contributed by atoms with Crippen LogP contribution in [0, 0.1) is 0 Å². The van der Waals surface area contributed by atoms with Gasteiger partial charge in [0.25, 0.3) is 5.91 Å². The smallest absolute Gasteiger partial charge is 0.255 e. The molecule has 2 aliphatic rings. The van der Waals surface area contributed by atoms with Crippen LogP contribution in [0.4, 0.5) is 0 Å². The summed E-state index contributed by atoms with van der Waals surface area (Å²) in [6, 6.07) is 5.44. The monoisotopic (exact) mass is 369 g/mol. The fraction of sp³-hybridized carbons (Fsp3) is 0.562. The molecule has 1 aromatic carbocycles. The molecule has 0 bridgehead atoms. The van der Waals surface area contributed by atoms with Gasteiger partial charge in [-0.25, -0.2) is 0 Å². The van der Waals surface area contributed by atoms with Crippen LogP contribution in [0.3, 0.4) is 0 Å². The van der Waals surface area contributed by atoms with Gasteiger partial charge < -0.3 is 19.1 Å². The number of carbonyl (C=O) groups is 1. The number of nitrogens with zero attached hydrogens (tertiary/aromatic N) is 1. The first kappa shape index (κ1) is 15.8. The van der Waals surface area contributed by atoms with Gasteiger partial charge in [0.15, 0.2) is 5.79 Å². The van der Waals surface area contributed by atoms with Crippen LogP contribution in [0.5, 0.6) is 5.75 Å². The summed E-state index contributed by atoms with van der Waals surface area (Å²) >= 11 is 3.44. The summed E-state index contributed by atoms with van der Waals surface area (Å²) in [7, 11) is 1.60. The van der Waals surface area contributed by atoms with Crippen molar-refractivity contribution in [2.45, 2.75) is 25.0 Å². The summed E-state index contributed by atoms with van der Waals surface area (Å²) in [5.74, 6) is 0.219. The fourth-order valence-electron chi connectivity index (χ4n) is 2.92. The van der Waals surface area contributed by atoms with Gasteiger partial charge >= 0.3 is 0 Å². The lowest BCUT2D eigenvalue weighted by Crippen LogP contribution is -2.51. The van der Waals surface area contributed by atoms with Gasteiger partial charge in [-0.05, 0) is 40.5 Å². The van der Waals surface area contributed by atoms with E-state index in [1.165, 1.54) is 0 Å². The van der Waals surface area contributed by atoms with Crippen molar-refractivity contribution in [3.63, 3.8) is 0 Å². The Labute approximate surface area is 138 Å². The number of methoxy groups -OCH3 is 1. The molecule has 1 spiro atoms. The van der Waals surface area contributed by atoms with Gasteiger partial charge in [-0.15, -0.1) is 0 Å². The number of ether oxygens (including phenoxy) is 3. The molecule has 120 valence electrons. The number of likely N-dealkylation sites (tertiary alicyclic amines) is 1. The molecule has 22 heavy (non-hydrogen) atoms. The largest absolute Gasteiger partial charge is 0.497 e. The highest BCUT2D eigenvalue weighted by Crippen LogP contribution is 2.32. The lowest BCUT2D eigenvalue weighted by molar-refractivity contribution is -0.281. The lowest BCUT2D eigenvalue weighted by Gasteiger charge is -2.43. The Bertz CT molecular complexity index is 547. The Kier molecular flexibility index (Phi) is 4.70. The molecule has 0 radical (unpaired) electrons. The maximum Gasteiger partial charge on any atom is 0.255 e. The standard InChI is InChI=1S/C16H20BrNO4/c1-20-12-3-4-14(17)13(11-12)15(19)18-7-5-16(6-8-18)21-9-2-10-22-16/h3-4,11H,2,5-10H2,1H3. The van der Waals surface area contributed by atoms with Crippen molar-refractivity contribution in [2.75, 3.05) is 33.4 Å². The third kappa shape index (κ3) is 3.14. The summed E-state index contributed by atoms with van der Waals surface area (Å²) in [6.07, 6.45) is 2.39. The SMILES string of the molecule is COc1ccc(Br)c(C(=O)N2CCC3(CC2)OCCCO3)c1. The number of amides is 1.